The minimum Gasteiger partial charge on any atom is -0.310 e. The van der Waals surface area contributed by atoms with Crippen molar-refractivity contribution in [1.29, 1.82) is 0 Å². The summed E-state index contributed by atoms with van der Waals surface area (Å²) in [7, 11) is 0. The number of rotatable bonds is 6. The number of nitrogens with zero attached hydrogens (tertiary/aromatic N) is 2. The Bertz CT molecular complexity index is 3020. The Morgan fingerprint density at radius 2 is 0.879 bits per heavy atom. The summed E-state index contributed by atoms with van der Waals surface area (Å²) < 4.78 is 2.47. The van der Waals surface area contributed by atoms with Gasteiger partial charge in [0.2, 0.25) is 0 Å². The Kier molecular flexibility index (Phi) is 7.59. The van der Waals surface area contributed by atoms with Gasteiger partial charge in [-0.15, -0.1) is 0 Å². The van der Waals surface area contributed by atoms with E-state index in [2.05, 4.69) is 231 Å². The Morgan fingerprint density at radius 1 is 0.379 bits per heavy atom. The lowest BCUT2D eigenvalue weighted by molar-refractivity contribution is 0.660. The molecule has 0 aliphatic heterocycles. The van der Waals surface area contributed by atoms with Gasteiger partial charge in [-0.05, 0) is 116 Å². The van der Waals surface area contributed by atoms with Gasteiger partial charge in [-0.25, -0.2) is 0 Å². The van der Waals surface area contributed by atoms with Crippen LogP contribution in [0, 0.1) is 0 Å². The molecule has 0 unspecified atom stereocenters. The third-order valence-electron chi connectivity index (χ3n) is 13.0. The third kappa shape index (κ3) is 5.11. The SMILES string of the molecule is CC1(C)c2ccccc2-c2ccc(N(c3ccc(-c4ccccc4)cc3)c3ccc(-c4ccc5c(c4)c4c(n5-c5ccccc5)-c5ccccc5C4(C)C)cc3)cc21. The molecule has 1 heterocycles. The van der Waals surface area contributed by atoms with Crippen LogP contribution >= 0.6 is 0 Å². The average Bonchev–Trinajstić information content (AvgIpc) is 3.82. The summed E-state index contributed by atoms with van der Waals surface area (Å²) in [5.41, 5.74) is 21.3. The zero-order valence-corrected chi connectivity index (χ0v) is 33.4. The number of aromatic nitrogens is 1. The quantitative estimate of drug-likeness (QED) is 0.165. The largest absolute Gasteiger partial charge is 0.310 e. The van der Waals surface area contributed by atoms with Gasteiger partial charge in [0.15, 0.2) is 0 Å². The second-order valence-corrected chi connectivity index (χ2v) is 17.0. The van der Waals surface area contributed by atoms with Gasteiger partial charge in [-0.1, -0.05) is 161 Å². The first kappa shape index (κ1) is 34.4. The molecule has 2 nitrogen and oxygen atoms in total. The minimum atomic E-state index is -0.130. The summed E-state index contributed by atoms with van der Waals surface area (Å²) >= 11 is 0. The van der Waals surface area contributed by atoms with Crippen LogP contribution in [-0.2, 0) is 10.8 Å². The first-order valence-corrected chi connectivity index (χ1v) is 20.4. The Morgan fingerprint density at radius 3 is 1.55 bits per heavy atom. The van der Waals surface area contributed by atoms with Crippen LogP contribution in [0.1, 0.15) is 49.9 Å². The van der Waals surface area contributed by atoms with Crippen LogP contribution in [-0.4, -0.2) is 4.57 Å². The molecule has 0 fully saturated rings. The fourth-order valence-electron chi connectivity index (χ4n) is 10.1. The summed E-state index contributed by atoms with van der Waals surface area (Å²) in [6.45, 7) is 9.48. The van der Waals surface area contributed by atoms with Gasteiger partial charge in [-0.3, -0.25) is 0 Å². The van der Waals surface area contributed by atoms with Crippen LogP contribution in [0.4, 0.5) is 17.1 Å². The summed E-state index contributed by atoms with van der Waals surface area (Å²) in [5, 5.41) is 1.31. The molecule has 1 aromatic heterocycles. The molecule has 0 radical (unpaired) electrons. The van der Waals surface area contributed by atoms with E-state index >= 15 is 0 Å². The van der Waals surface area contributed by atoms with Crippen molar-refractivity contribution in [2.24, 2.45) is 0 Å². The number of hydrogen-bond donors (Lipinski definition) is 0. The molecule has 2 aliphatic rings. The topological polar surface area (TPSA) is 8.17 Å². The normalized spacial score (nSPS) is 14.1. The van der Waals surface area contributed by atoms with Crippen molar-refractivity contribution >= 4 is 28.0 Å². The molecule has 0 amide bonds. The standard InChI is InChI=1S/C56H44N2/c1-55(2)49-21-13-11-19-45(49)46-33-32-44(36-51(46)55)57(42-28-23-38(24-29-42)37-15-7-5-8-16-37)43-30-25-39(26-31-43)40-27-34-52-48(35-40)53-54(58(52)41-17-9-6-10-18-41)47-20-12-14-22-50(47)56(53,3)4/h5-36H,1-4H3. The molecule has 9 aromatic rings. The van der Waals surface area contributed by atoms with Gasteiger partial charge in [0.25, 0.3) is 0 Å². The molecule has 278 valence electrons. The molecule has 2 aliphatic carbocycles. The molecule has 0 N–H and O–H groups in total. The van der Waals surface area contributed by atoms with Crippen molar-refractivity contribution in [3.8, 4) is 50.3 Å². The molecule has 2 heteroatoms. The zero-order chi connectivity index (χ0) is 39.2. The van der Waals surface area contributed by atoms with E-state index < -0.39 is 0 Å². The third-order valence-corrected chi connectivity index (χ3v) is 13.0. The Hall–Kier alpha value is -6.90. The van der Waals surface area contributed by atoms with Crippen molar-refractivity contribution in [3.63, 3.8) is 0 Å². The Balaban J connectivity index is 1.03. The second-order valence-electron chi connectivity index (χ2n) is 17.0. The average molecular weight is 745 g/mol. The molecule has 0 saturated heterocycles. The van der Waals surface area contributed by atoms with Crippen molar-refractivity contribution in [2.45, 2.75) is 38.5 Å². The highest BCUT2D eigenvalue weighted by Crippen LogP contribution is 2.54. The van der Waals surface area contributed by atoms with Crippen LogP contribution in [0.15, 0.2) is 194 Å². The van der Waals surface area contributed by atoms with Crippen molar-refractivity contribution in [2.75, 3.05) is 4.90 Å². The zero-order valence-electron chi connectivity index (χ0n) is 33.4. The van der Waals surface area contributed by atoms with Gasteiger partial charge in [0.05, 0.1) is 11.2 Å². The second kappa shape index (κ2) is 12.8. The Labute approximate surface area is 341 Å². The van der Waals surface area contributed by atoms with E-state index in [0.29, 0.717) is 0 Å². The van der Waals surface area contributed by atoms with Crippen LogP contribution in [0.25, 0.3) is 61.2 Å². The van der Waals surface area contributed by atoms with Crippen LogP contribution in [0.3, 0.4) is 0 Å². The van der Waals surface area contributed by atoms with E-state index in [1.165, 1.54) is 83.5 Å². The first-order valence-electron chi connectivity index (χ1n) is 20.4. The molecular weight excluding hydrogens is 701 g/mol. The summed E-state index contributed by atoms with van der Waals surface area (Å²) in [5.74, 6) is 0. The number of benzene rings is 8. The lowest BCUT2D eigenvalue weighted by Gasteiger charge is -2.28. The maximum Gasteiger partial charge on any atom is 0.0584 e. The molecular formula is C56H44N2. The summed E-state index contributed by atoms with van der Waals surface area (Å²) in [4.78, 5) is 2.41. The first-order chi connectivity index (χ1) is 28.3. The molecule has 0 saturated carbocycles. The smallest absolute Gasteiger partial charge is 0.0584 e. The van der Waals surface area contributed by atoms with Gasteiger partial charge >= 0.3 is 0 Å². The molecule has 0 spiro atoms. The van der Waals surface area contributed by atoms with Gasteiger partial charge in [0.1, 0.15) is 0 Å². The number of anilines is 3. The lowest BCUT2D eigenvalue weighted by atomic mass is 9.81. The molecule has 8 aromatic carbocycles. The predicted molar refractivity (Wildman–Crippen MR) is 244 cm³/mol. The van der Waals surface area contributed by atoms with Crippen LogP contribution in [0.2, 0.25) is 0 Å². The number of para-hydroxylation sites is 1. The van der Waals surface area contributed by atoms with Gasteiger partial charge < -0.3 is 9.47 Å². The van der Waals surface area contributed by atoms with E-state index in [4.69, 9.17) is 0 Å². The highest BCUT2D eigenvalue weighted by atomic mass is 15.1. The molecule has 58 heavy (non-hydrogen) atoms. The number of fused-ring (bicyclic) bond motifs is 8. The van der Waals surface area contributed by atoms with Crippen LogP contribution in [0.5, 0.6) is 0 Å². The monoisotopic (exact) mass is 744 g/mol. The lowest BCUT2D eigenvalue weighted by Crippen LogP contribution is -2.16. The maximum absolute atomic E-state index is 2.47. The van der Waals surface area contributed by atoms with Crippen molar-refractivity contribution in [3.05, 3.63) is 216 Å². The fourth-order valence-corrected chi connectivity index (χ4v) is 10.1. The highest BCUT2D eigenvalue weighted by Gasteiger charge is 2.40. The van der Waals surface area contributed by atoms with E-state index in [1.807, 2.05) is 0 Å². The van der Waals surface area contributed by atoms with E-state index in [9.17, 15) is 0 Å². The van der Waals surface area contributed by atoms with Gasteiger partial charge in [-0.2, -0.15) is 0 Å². The van der Waals surface area contributed by atoms with Crippen molar-refractivity contribution in [1.82, 2.24) is 4.57 Å². The maximum atomic E-state index is 2.47. The van der Waals surface area contributed by atoms with Gasteiger partial charge in [0, 0.05) is 44.5 Å². The summed E-state index contributed by atoms with van der Waals surface area (Å²) in [6, 6.07) is 71.5. The number of hydrogen-bond acceptors (Lipinski definition) is 1. The fraction of sp³-hybridized carbons (Fsp3) is 0.107. The molecule has 11 rings (SSSR count). The van der Waals surface area contributed by atoms with Crippen molar-refractivity contribution < 1.29 is 0 Å². The van der Waals surface area contributed by atoms with E-state index in [-0.39, 0.29) is 10.8 Å². The minimum absolute atomic E-state index is 0.0944. The molecule has 0 bridgehead atoms. The van der Waals surface area contributed by atoms with Crippen LogP contribution < -0.4 is 4.90 Å². The van der Waals surface area contributed by atoms with E-state index in [1.54, 1.807) is 0 Å². The highest BCUT2D eigenvalue weighted by molar-refractivity contribution is 6.01. The van der Waals surface area contributed by atoms with E-state index in [0.717, 1.165) is 17.1 Å². The summed E-state index contributed by atoms with van der Waals surface area (Å²) in [6.07, 6.45) is 0. The molecule has 0 atom stereocenters. The predicted octanol–water partition coefficient (Wildman–Crippen LogP) is 15.0.